The molecule has 2 rings (SSSR count). The lowest BCUT2D eigenvalue weighted by molar-refractivity contribution is -0.131. The lowest BCUT2D eigenvalue weighted by Crippen LogP contribution is -1.94. The lowest BCUT2D eigenvalue weighted by Gasteiger charge is -1.99. The van der Waals surface area contributed by atoms with E-state index < -0.39 is 5.97 Å². The Balaban J connectivity index is 2.20. The van der Waals surface area contributed by atoms with Gasteiger partial charge in [0.25, 0.3) is 0 Å². The summed E-state index contributed by atoms with van der Waals surface area (Å²) in [4.78, 5) is 10.4. The molecule has 0 atom stereocenters. The van der Waals surface area contributed by atoms with Crippen molar-refractivity contribution in [3.05, 3.63) is 53.8 Å². The third kappa shape index (κ3) is 2.87. The van der Waals surface area contributed by atoms with Gasteiger partial charge in [-0.3, -0.25) is 0 Å². The average Bonchev–Trinajstić information content (AvgIpc) is 2.85. The summed E-state index contributed by atoms with van der Waals surface area (Å²) >= 11 is 0. The molecule has 1 aromatic heterocycles. The standard InChI is InChI=1S/C14H13NO3/c15-9-10-1-3-11(4-2-10)13-7-5-12(18-13)6-8-14(16)17/h1-8H,9,15H2,(H,16,17)/b8-6+. The molecule has 0 spiro atoms. The SMILES string of the molecule is NCc1ccc(-c2ccc(/C=C/C(=O)O)o2)cc1. The van der Waals surface area contributed by atoms with Crippen LogP contribution in [-0.4, -0.2) is 11.1 Å². The van der Waals surface area contributed by atoms with E-state index in [9.17, 15) is 4.79 Å². The van der Waals surface area contributed by atoms with Crippen LogP contribution in [0.2, 0.25) is 0 Å². The predicted molar refractivity (Wildman–Crippen MR) is 68.7 cm³/mol. The fourth-order valence-corrected chi connectivity index (χ4v) is 1.56. The number of aliphatic carboxylic acids is 1. The van der Waals surface area contributed by atoms with E-state index >= 15 is 0 Å². The van der Waals surface area contributed by atoms with Crippen LogP contribution in [0.25, 0.3) is 17.4 Å². The zero-order valence-corrected chi connectivity index (χ0v) is 9.67. The molecule has 0 bridgehead atoms. The van der Waals surface area contributed by atoms with Gasteiger partial charge >= 0.3 is 5.97 Å². The van der Waals surface area contributed by atoms with Crippen LogP contribution in [0.5, 0.6) is 0 Å². The Morgan fingerprint density at radius 1 is 1.22 bits per heavy atom. The summed E-state index contributed by atoms with van der Waals surface area (Å²) in [6.07, 6.45) is 2.46. The first-order valence-electron chi connectivity index (χ1n) is 5.49. The highest BCUT2D eigenvalue weighted by molar-refractivity contribution is 5.84. The molecule has 1 aromatic carbocycles. The lowest BCUT2D eigenvalue weighted by atomic mass is 10.1. The fourth-order valence-electron chi connectivity index (χ4n) is 1.56. The molecular formula is C14H13NO3. The third-order valence-corrected chi connectivity index (χ3v) is 2.49. The molecule has 0 saturated carbocycles. The molecule has 0 saturated heterocycles. The van der Waals surface area contributed by atoms with Gasteiger partial charge in [-0.15, -0.1) is 0 Å². The molecule has 0 radical (unpaired) electrons. The van der Waals surface area contributed by atoms with Crippen molar-refractivity contribution in [1.82, 2.24) is 0 Å². The van der Waals surface area contributed by atoms with Crippen LogP contribution in [0, 0.1) is 0 Å². The van der Waals surface area contributed by atoms with Crippen molar-refractivity contribution in [2.75, 3.05) is 0 Å². The topological polar surface area (TPSA) is 76.5 Å². The molecule has 0 aliphatic carbocycles. The summed E-state index contributed by atoms with van der Waals surface area (Å²) < 4.78 is 5.51. The van der Waals surface area contributed by atoms with Gasteiger partial charge in [0, 0.05) is 18.2 Å². The highest BCUT2D eigenvalue weighted by Gasteiger charge is 2.03. The van der Waals surface area contributed by atoms with Crippen LogP contribution in [0.4, 0.5) is 0 Å². The number of rotatable bonds is 4. The highest BCUT2D eigenvalue weighted by Crippen LogP contribution is 2.23. The minimum atomic E-state index is -1.000. The van der Waals surface area contributed by atoms with Gasteiger partial charge in [0.05, 0.1) is 0 Å². The van der Waals surface area contributed by atoms with E-state index in [0.29, 0.717) is 18.1 Å². The normalized spacial score (nSPS) is 10.9. The fraction of sp³-hybridized carbons (Fsp3) is 0.0714. The van der Waals surface area contributed by atoms with Crippen LogP contribution >= 0.6 is 0 Å². The molecule has 3 N–H and O–H groups in total. The van der Waals surface area contributed by atoms with E-state index in [-0.39, 0.29) is 0 Å². The van der Waals surface area contributed by atoms with Gasteiger partial charge in [-0.1, -0.05) is 24.3 Å². The maximum atomic E-state index is 10.4. The Hall–Kier alpha value is -2.33. The predicted octanol–water partition coefficient (Wildman–Crippen LogP) is 2.50. The Morgan fingerprint density at radius 3 is 2.56 bits per heavy atom. The molecule has 4 nitrogen and oxygen atoms in total. The number of hydrogen-bond acceptors (Lipinski definition) is 3. The smallest absolute Gasteiger partial charge is 0.328 e. The Bertz CT molecular complexity index is 567. The second kappa shape index (κ2) is 5.33. The minimum Gasteiger partial charge on any atom is -0.478 e. The summed E-state index contributed by atoms with van der Waals surface area (Å²) in [6.45, 7) is 0.505. The zero-order valence-electron chi connectivity index (χ0n) is 9.67. The third-order valence-electron chi connectivity index (χ3n) is 2.49. The van der Waals surface area contributed by atoms with Crippen LogP contribution < -0.4 is 5.73 Å². The van der Waals surface area contributed by atoms with Crippen molar-refractivity contribution >= 4 is 12.0 Å². The molecule has 92 valence electrons. The first kappa shape index (κ1) is 12.1. The molecule has 0 aliphatic rings. The van der Waals surface area contributed by atoms with E-state index in [4.69, 9.17) is 15.3 Å². The van der Waals surface area contributed by atoms with E-state index in [1.807, 2.05) is 24.3 Å². The second-order valence-electron chi connectivity index (χ2n) is 3.77. The molecule has 2 aromatic rings. The molecule has 0 fully saturated rings. The number of carboxylic acid groups (broad SMARTS) is 1. The zero-order chi connectivity index (χ0) is 13.0. The van der Waals surface area contributed by atoms with Gasteiger partial charge in [0.2, 0.25) is 0 Å². The van der Waals surface area contributed by atoms with E-state index in [2.05, 4.69) is 0 Å². The van der Waals surface area contributed by atoms with Gasteiger partial charge in [0.15, 0.2) is 0 Å². The van der Waals surface area contributed by atoms with Crippen LogP contribution in [0.15, 0.2) is 46.9 Å². The van der Waals surface area contributed by atoms with Crippen molar-refractivity contribution in [3.8, 4) is 11.3 Å². The number of benzene rings is 1. The second-order valence-corrected chi connectivity index (χ2v) is 3.77. The van der Waals surface area contributed by atoms with Crippen molar-refractivity contribution in [2.45, 2.75) is 6.54 Å². The molecule has 4 heteroatoms. The van der Waals surface area contributed by atoms with Gasteiger partial charge < -0.3 is 15.3 Å². The maximum Gasteiger partial charge on any atom is 0.328 e. The maximum absolute atomic E-state index is 10.4. The van der Waals surface area contributed by atoms with Crippen LogP contribution in [0.3, 0.4) is 0 Å². The highest BCUT2D eigenvalue weighted by atomic mass is 16.4. The Kier molecular flexibility index (Phi) is 3.60. The summed E-state index contributed by atoms with van der Waals surface area (Å²) in [5.74, 6) is 0.208. The van der Waals surface area contributed by atoms with Crippen molar-refractivity contribution in [2.24, 2.45) is 5.73 Å². The van der Waals surface area contributed by atoms with Crippen LogP contribution in [0.1, 0.15) is 11.3 Å². The molecule has 18 heavy (non-hydrogen) atoms. The first-order valence-corrected chi connectivity index (χ1v) is 5.49. The number of carboxylic acids is 1. The minimum absolute atomic E-state index is 0.505. The number of carbonyl (C=O) groups is 1. The Labute approximate surface area is 104 Å². The van der Waals surface area contributed by atoms with Gasteiger partial charge in [-0.2, -0.15) is 0 Å². The van der Waals surface area contributed by atoms with Crippen molar-refractivity contribution in [1.29, 1.82) is 0 Å². The number of furan rings is 1. The largest absolute Gasteiger partial charge is 0.478 e. The number of nitrogens with two attached hydrogens (primary N) is 1. The van der Waals surface area contributed by atoms with Gasteiger partial charge in [-0.25, -0.2) is 4.79 Å². The quantitative estimate of drug-likeness (QED) is 0.809. The summed E-state index contributed by atoms with van der Waals surface area (Å²) in [6, 6.07) is 11.2. The summed E-state index contributed by atoms with van der Waals surface area (Å²) in [5.41, 5.74) is 7.51. The monoisotopic (exact) mass is 243 g/mol. The summed E-state index contributed by atoms with van der Waals surface area (Å²) in [7, 11) is 0. The Morgan fingerprint density at radius 2 is 1.94 bits per heavy atom. The molecule has 0 amide bonds. The van der Waals surface area contributed by atoms with Crippen LogP contribution in [-0.2, 0) is 11.3 Å². The molecular weight excluding hydrogens is 230 g/mol. The first-order chi connectivity index (χ1) is 8.69. The molecule has 1 heterocycles. The number of hydrogen-bond donors (Lipinski definition) is 2. The van der Waals surface area contributed by atoms with Gasteiger partial charge in [0.1, 0.15) is 11.5 Å². The van der Waals surface area contributed by atoms with E-state index in [1.54, 1.807) is 12.1 Å². The molecule has 0 aliphatic heterocycles. The average molecular weight is 243 g/mol. The van der Waals surface area contributed by atoms with E-state index in [0.717, 1.165) is 17.2 Å². The molecule has 0 unspecified atom stereocenters. The van der Waals surface area contributed by atoms with E-state index in [1.165, 1.54) is 6.08 Å². The van der Waals surface area contributed by atoms with Crippen molar-refractivity contribution in [3.63, 3.8) is 0 Å². The summed E-state index contributed by atoms with van der Waals surface area (Å²) in [5, 5.41) is 8.52. The van der Waals surface area contributed by atoms with Crippen molar-refractivity contribution < 1.29 is 14.3 Å². The van der Waals surface area contributed by atoms with Gasteiger partial charge in [-0.05, 0) is 23.8 Å².